The van der Waals surface area contributed by atoms with Crippen molar-refractivity contribution in [2.75, 3.05) is 19.0 Å². The van der Waals surface area contributed by atoms with Crippen LogP contribution < -0.4 is 4.90 Å². The molecular formula is C9H12N2O. The van der Waals surface area contributed by atoms with Crippen LogP contribution in [0.25, 0.3) is 0 Å². The smallest absolute Gasteiger partial charge is 0.168 e. The summed E-state index contributed by atoms with van der Waals surface area (Å²) in [6, 6.07) is 3.70. The zero-order valence-electron chi connectivity index (χ0n) is 7.53. The minimum atomic E-state index is 0.485. The molecule has 1 heterocycles. The molecule has 0 N–H and O–H groups in total. The molecule has 3 nitrogen and oxygen atoms in total. The highest BCUT2D eigenvalue weighted by Gasteiger charge is 2.00. The second-order valence-corrected chi connectivity index (χ2v) is 2.94. The number of carbonyl (C=O) groups excluding carboxylic acids is 1. The summed E-state index contributed by atoms with van der Waals surface area (Å²) in [5.74, 6) is 0.817. The first-order valence-electron chi connectivity index (χ1n) is 3.74. The summed E-state index contributed by atoms with van der Waals surface area (Å²) in [7, 11) is 3.80. The van der Waals surface area contributed by atoms with E-state index in [1.165, 1.54) is 0 Å². The van der Waals surface area contributed by atoms with Gasteiger partial charge in [0.2, 0.25) is 0 Å². The molecule has 1 rings (SSSR count). The maximum absolute atomic E-state index is 10.5. The van der Waals surface area contributed by atoms with Crippen molar-refractivity contribution < 1.29 is 4.79 Å². The van der Waals surface area contributed by atoms with Crippen molar-refractivity contribution in [3.05, 3.63) is 23.4 Å². The Morgan fingerprint density at radius 3 is 2.58 bits per heavy atom. The fourth-order valence-electron chi connectivity index (χ4n) is 0.965. The number of carbonyl (C=O) groups is 1. The van der Waals surface area contributed by atoms with Gasteiger partial charge < -0.3 is 4.90 Å². The summed E-state index contributed by atoms with van der Waals surface area (Å²) >= 11 is 0. The van der Waals surface area contributed by atoms with Crippen LogP contribution in [0, 0.1) is 6.92 Å². The number of aldehydes is 1. The van der Waals surface area contributed by atoms with Crippen molar-refractivity contribution in [1.29, 1.82) is 0 Å². The van der Waals surface area contributed by atoms with Crippen molar-refractivity contribution >= 4 is 12.1 Å². The third-order valence-electron chi connectivity index (χ3n) is 1.55. The number of rotatable bonds is 2. The Balaban J connectivity index is 3.14. The lowest BCUT2D eigenvalue weighted by molar-refractivity contribution is 0.111. The standard InChI is InChI=1S/C9H12N2O/c1-7-4-8(6-12)10-9(5-7)11(2)3/h4-6H,1-3H3. The molecule has 3 heteroatoms. The van der Waals surface area contributed by atoms with E-state index in [0.717, 1.165) is 17.7 Å². The molecule has 0 spiro atoms. The van der Waals surface area contributed by atoms with E-state index in [2.05, 4.69) is 4.98 Å². The highest BCUT2D eigenvalue weighted by Crippen LogP contribution is 2.10. The molecule has 0 aromatic carbocycles. The van der Waals surface area contributed by atoms with Crippen molar-refractivity contribution in [3.8, 4) is 0 Å². The monoisotopic (exact) mass is 164 g/mol. The third-order valence-corrected chi connectivity index (χ3v) is 1.55. The number of pyridine rings is 1. The number of aromatic nitrogens is 1. The van der Waals surface area contributed by atoms with Gasteiger partial charge in [-0.1, -0.05) is 0 Å². The van der Waals surface area contributed by atoms with Gasteiger partial charge in [-0.15, -0.1) is 0 Å². The van der Waals surface area contributed by atoms with Crippen LogP contribution in [0.2, 0.25) is 0 Å². The van der Waals surface area contributed by atoms with Crippen LogP contribution in [0.1, 0.15) is 16.1 Å². The highest BCUT2D eigenvalue weighted by molar-refractivity contribution is 5.73. The largest absolute Gasteiger partial charge is 0.363 e. The van der Waals surface area contributed by atoms with Gasteiger partial charge in [-0.2, -0.15) is 0 Å². The Morgan fingerprint density at radius 1 is 1.42 bits per heavy atom. The number of aryl methyl sites for hydroxylation is 1. The molecule has 0 fully saturated rings. The Morgan fingerprint density at radius 2 is 2.08 bits per heavy atom. The van der Waals surface area contributed by atoms with Gasteiger partial charge in [0.05, 0.1) is 0 Å². The SMILES string of the molecule is Cc1cc(C=O)nc(N(C)C)c1. The molecule has 0 saturated heterocycles. The fraction of sp³-hybridized carbons (Fsp3) is 0.333. The van der Waals surface area contributed by atoms with Crippen molar-refractivity contribution in [1.82, 2.24) is 4.98 Å². The number of hydrogen-bond acceptors (Lipinski definition) is 3. The van der Waals surface area contributed by atoms with E-state index in [9.17, 15) is 4.79 Å². The average Bonchev–Trinajstić information content (AvgIpc) is 2.03. The molecule has 64 valence electrons. The van der Waals surface area contributed by atoms with E-state index in [4.69, 9.17) is 0 Å². The maximum atomic E-state index is 10.5. The molecule has 0 aliphatic carbocycles. The number of hydrogen-bond donors (Lipinski definition) is 0. The Bertz CT molecular complexity index is 295. The molecule has 0 aliphatic heterocycles. The number of anilines is 1. The zero-order chi connectivity index (χ0) is 9.14. The second kappa shape index (κ2) is 3.34. The van der Waals surface area contributed by atoms with Crippen LogP contribution in [0.15, 0.2) is 12.1 Å². The van der Waals surface area contributed by atoms with Gasteiger partial charge >= 0.3 is 0 Å². The Hall–Kier alpha value is -1.38. The summed E-state index contributed by atoms with van der Waals surface area (Å²) in [6.07, 6.45) is 0.764. The van der Waals surface area contributed by atoms with Crippen molar-refractivity contribution in [2.45, 2.75) is 6.92 Å². The first-order chi connectivity index (χ1) is 5.63. The van der Waals surface area contributed by atoms with E-state index < -0.39 is 0 Å². The summed E-state index contributed by atoms with van der Waals surface area (Å²) < 4.78 is 0. The van der Waals surface area contributed by atoms with Crippen LogP contribution in [0.4, 0.5) is 5.82 Å². The molecule has 12 heavy (non-hydrogen) atoms. The van der Waals surface area contributed by atoms with E-state index in [-0.39, 0.29) is 0 Å². The maximum Gasteiger partial charge on any atom is 0.168 e. The molecular weight excluding hydrogens is 152 g/mol. The van der Waals surface area contributed by atoms with Crippen LogP contribution >= 0.6 is 0 Å². The first-order valence-corrected chi connectivity index (χ1v) is 3.74. The van der Waals surface area contributed by atoms with Gasteiger partial charge in [-0.05, 0) is 24.6 Å². The Labute approximate surface area is 72.0 Å². The molecule has 0 atom stereocenters. The van der Waals surface area contributed by atoms with Crippen LogP contribution in [0.5, 0.6) is 0 Å². The second-order valence-electron chi connectivity index (χ2n) is 2.94. The highest BCUT2D eigenvalue weighted by atomic mass is 16.1. The normalized spacial score (nSPS) is 9.58. The minimum Gasteiger partial charge on any atom is -0.363 e. The van der Waals surface area contributed by atoms with E-state index in [1.54, 1.807) is 6.07 Å². The first kappa shape index (κ1) is 8.71. The van der Waals surface area contributed by atoms with Crippen LogP contribution in [-0.4, -0.2) is 25.4 Å². The van der Waals surface area contributed by atoms with Gasteiger partial charge in [0.25, 0.3) is 0 Å². The molecule has 0 unspecified atom stereocenters. The van der Waals surface area contributed by atoms with Gasteiger partial charge in [0.1, 0.15) is 11.5 Å². The third kappa shape index (κ3) is 1.81. The molecule has 0 saturated carbocycles. The molecule has 0 bridgehead atoms. The van der Waals surface area contributed by atoms with E-state index >= 15 is 0 Å². The quantitative estimate of drug-likeness (QED) is 0.617. The molecule has 0 aliphatic rings. The molecule has 0 amide bonds. The van der Waals surface area contributed by atoms with Gasteiger partial charge in [-0.25, -0.2) is 4.98 Å². The number of nitrogens with zero attached hydrogens (tertiary/aromatic N) is 2. The van der Waals surface area contributed by atoms with Gasteiger partial charge in [0, 0.05) is 14.1 Å². The van der Waals surface area contributed by atoms with E-state index in [0.29, 0.717) is 5.69 Å². The average molecular weight is 164 g/mol. The lowest BCUT2D eigenvalue weighted by Gasteiger charge is -2.11. The van der Waals surface area contributed by atoms with Crippen molar-refractivity contribution in [3.63, 3.8) is 0 Å². The topological polar surface area (TPSA) is 33.2 Å². The Kier molecular flexibility index (Phi) is 2.43. The summed E-state index contributed by atoms with van der Waals surface area (Å²) in [5.41, 5.74) is 1.54. The predicted octanol–water partition coefficient (Wildman–Crippen LogP) is 1.27. The molecule has 1 aromatic heterocycles. The molecule has 0 radical (unpaired) electrons. The zero-order valence-corrected chi connectivity index (χ0v) is 7.53. The minimum absolute atomic E-state index is 0.485. The molecule has 1 aromatic rings. The van der Waals surface area contributed by atoms with Gasteiger partial charge in [-0.3, -0.25) is 4.79 Å². The summed E-state index contributed by atoms with van der Waals surface area (Å²) in [4.78, 5) is 16.4. The lowest BCUT2D eigenvalue weighted by atomic mass is 10.2. The van der Waals surface area contributed by atoms with Gasteiger partial charge in [0.15, 0.2) is 6.29 Å². The van der Waals surface area contributed by atoms with E-state index in [1.807, 2.05) is 32.0 Å². The van der Waals surface area contributed by atoms with Crippen LogP contribution in [0.3, 0.4) is 0 Å². The predicted molar refractivity (Wildman–Crippen MR) is 48.7 cm³/mol. The summed E-state index contributed by atoms with van der Waals surface area (Å²) in [5, 5.41) is 0. The summed E-state index contributed by atoms with van der Waals surface area (Å²) in [6.45, 7) is 1.95. The van der Waals surface area contributed by atoms with Crippen LogP contribution in [-0.2, 0) is 0 Å². The van der Waals surface area contributed by atoms with Crippen molar-refractivity contribution in [2.24, 2.45) is 0 Å². The lowest BCUT2D eigenvalue weighted by Crippen LogP contribution is -2.11. The fourth-order valence-corrected chi connectivity index (χ4v) is 0.965.